The second-order valence-corrected chi connectivity index (χ2v) is 6.07. The average molecular weight is 314 g/mol. The molecule has 1 fully saturated rings. The number of aryl methyl sites for hydroxylation is 3. The van der Waals surface area contributed by atoms with Crippen molar-refractivity contribution in [3.63, 3.8) is 0 Å². The zero-order valence-corrected chi connectivity index (χ0v) is 14.0. The molecule has 0 aromatic carbocycles. The predicted octanol–water partition coefficient (Wildman–Crippen LogP) is 2.03. The molecule has 6 heteroatoms. The molecule has 23 heavy (non-hydrogen) atoms. The van der Waals surface area contributed by atoms with Crippen molar-refractivity contribution in [1.82, 2.24) is 19.7 Å². The lowest BCUT2D eigenvalue weighted by molar-refractivity contribution is 0.0769. The van der Waals surface area contributed by atoms with Crippen LogP contribution in [0.5, 0.6) is 5.88 Å². The number of hydrogen-bond acceptors (Lipinski definition) is 4. The molecule has 0 N–H and O–H groups in total. The molecule has 1 amide bonds. The van der Waals surface area contributed by atoms with Gasteiger partial charge in [-0.1, -0.05) is 6.07 Å². The molecule has 0 saturated carbocycles. The topological polar surface area (TPSA) is 60.2 Å². The highest BCUT2D eigenvalue weighted by Crippen LogP contribution is 2.21. The van der Waals surface area contributed by atoms with Crippen LogP contribution in [0.15, 0.2) is 18.2 Å². The van der Waals surface area contributed by atoms with Crippen molar-refractivity contribution in [1.29, 1.82) is 0 Å². The highest BCUT2D eigenvalue weighted by atomic mass is 16.5. The standard InChI is InChI=1S/C17H22N4O2/c1-11-6-5-7-15(18-11)23-14-8-9-21(10-14)17(22)16-12(2)19-20(4)13(16)3/h5-7,14H,8-10H2,1-4H3. The maximum Gasteiger partial charge on any atom is 0.257 e. The van der Waals surface area contributed by atoms with E-state index in [9.17, 15) is 4.79 Å². The van der Waals surface area contributed by atoms with E-state index in [-0.39, 0.29) is 12.0 Å². The smallest absolute Gasteiger partial charge is 0.257 e. The Morgan fingerprint density at radius 3 is 2.74 bits per heavy atom. The number of aromatic nitrogens is 3. The molecule has 3 heterocycles. The van der Waals surface area contributed by atoms with Crippen LogP contribution >= 0.6 is 0 Å². The van der Waals surface area contributed by atoms with E-state index in [1.165, 1.54) is 0 Å². The summed E-state index contributed by atoms with van der Waals surface area (Å²) in [6, 6.07) is 5.72. The molecule has 1 atom stereocenters. The van der Waals surface area contributed by atoms with Crippen LogP contribution < -0.4 is 4.74 Å². The van der Waals surface area contributed by atoms with E-state index in [1.54, 1.807) is 4.68 Å². The van der Waals surface area contributed by atoms with E-state index in [0.717, 1.165) is 23.5 Å². The Labute approximate surface area is 136 Å². The Bertz CT molecular complexity index is 738. The average Bonchev–Trinajstić information content (AvgIpc) is 3.04. The lowest BCUT2D eigenvalue weighted by atomic mass is 10.2. The van der Waals surface area contributed by atoms with Gasteiger partial charge >= 0.3 is 0 Å². The van der Waals surface area contributed by atoms with Gasteiger partial charge in [0.05, 0.1) is 17.8 Å². The first-order valence-electron chi connectivity index (χ1n) is 7.85. The number of nitrogens with zero attached hydrogens (tertiary/aromatic N) is 4. The van der Waals surface area contributed by atoms with Gasteiger partial charge in [0, 0.05) is 37.5 Å². The van der Waals surface area contributed by atoms with Gasteiger partial charge in [0.1, 0.15) is 6.10 Å². The maximum atomic E-state index is 12.8. The summed E-state index contributed by atoms with van der Waals surface area (Å²) in [5.74, 6) is 0.662. The molecule has 0 radical (unpaired) electrons. The number of carbonyl (C=O) groups is 1. The molecule has 6 nitrogen and oxygen atoms in total. The normalized spacial score (nSPS) is 17.6. The van der Waals surface area contributed by atoms with Crippen LogP contribution in [0.25, 0.3) is 0 Å². The minimum atomic E-state index is -0.00877. The fraction of sp³-hybridized carbons (Fsp3) is 0.471. The molecule has 1 aliphatic rings. The van der Waals surface area contributed by atoms with Gasteiger partial charge in [0.2, 0.25) is 5.88 Å². The van der Waals surface area contributed by atoms with Crippen molar-refractivity contribution in [2.75, 3.05) is 13.1 Å². The monoisotopic (exact) mass is 314 g/mol. The zero-order valence-electron chi connectivity index (χ0n) is 14.0. The summed E-state index contributed by atoms with van der Waals surface area (Å²) in [5, 5.41) is 4.33. The summed E-state index contributed by atoms with van der Waals surface area (Å²) in [5.41, 5.74) is 3.31. The summed E-state index contributed by atoms with van der Waals surface area (Å²) in [6.07, 6.45) is 0.810. The Balaban J connectivity index is 1.68. The van der Waals surface area contributed by atoms with Crippen LogP contribution in [-0.2, 0) is 7.05 Å². The Morgan fingerprint density at radius 2 is 2.09 bits per heavy atom. The minimum Gasteiger partial charge on any atom is -0.472 e. The van der Waals surface area contributed by atoms with Gasteiger partial charge in [0.15, 0.2) is 0 Å². The summed E-state index contributed by atoms with van der Waals surface area (Å²) in [7, 11) is 1.86. The Kier molecular flexibility index (Phi) is 4.07. The summed E-state index contributed by atoms with van der Waals surface area (Å²) in [4.78, 5) is 19.0. The third-order valence-corrected chi connectivity index (χ3v) is 4.31. The van der Waals surface area contributed by atoms with E-state index in [2.05, 4.69) is 10.1 Å². The largest absolute Gasteiger partial charge is 0.472 e. The van der Waals surface area contributed by atoms with Gasteiger partial charge in [-0.05, 0) is 26.8 Å². The molecule has 1 unspecified atom stereocenters. The lowest BCUT2D eigenvalue weighted by Crippen LogP contribution is -2.31. The third kappa shape index (κ3) is 3.06. The second-order valence-electron chi connectivity index (χ2n) is 6.07. The quantitative estimate of drug-likeness (QED) is 0.870. The van der Waals surface area contributed by atoms with E-state index in [0.29, 0.717) is 24.5 Å². The maximum absolute atomic E-state index is 12.8. The Morgan fingerprint density at radius 1 is 1.30 bits per heavy atom. The van der Waals surface area contributed by atoms with Gasteiger partial charge < -0.3 is 9.64 Å². The number of pyridine rings is 1. The first kappa shape index (κ1) is 15.5. The summed E-state index contributed by atoms with van der Waals surface area (Å²) >= 11 is 0. The van der Waals surface area contributed by atoms with Gasteiger partial charge in [-0.3, -0.25) is 9.48 Å². The highest BCUT2D eigenvalue weighted by molar-refractivity contribution is 5.96. The second kappa shape index (κ2) is 6.02. The zero-order chi connectivity index (χ0) is 16.6. The van der Waals surface area contributed by atoms with E-state index >= 15 is 0 Å². The minimum absolute atomic E-state index is 0.00877. The highest BCUT2D eigenvalue weighted by Gasteiger charge is 2.31. The summed E-state index contributed by atoms with van der Waals surface area (Å²) in [6.45, 7) is 7.02. The van der Waals surface area contributed by atoms with Gasteiger partial charge in [-0.25, -0.2) is 4.98 Å². The van der Waals surface area contributed by atoms with Crippen LogP contribution in [0.3, 0.4) is 0 Å². The van der Waals surface area contributed by atoms with E-state index < -0.39 is 0 Å². The molecule has 122 valence electrons. The molecule has 1 aliphatic heterocycles. The van der Waals surface area contributed by atoms with Crippen molar-refractivity contribution < 1.29 is 9.53 Å². The molecule has 2 aromatic heterocycles. The summed E-state index contributed by atoms with van der Waals surface area (Å²) < 4.78 is 7.67. The molecule has 1 saturated heterocycles. The third-order valence-electron chi connectivity index (χ3n) is 4.31. The van der Waals surface area contributed by atoms with Crippen LogP contribution in [0.2, 0.25) is 0 Å². The van der Waals surface area contributed by atoms with Crippen molar-refractivity contribution in [3.05, 3.63) is 40.8 Å². The van der Waals surface area contributed by atoms with E-state index in [1.807, 2.05) is 50.9 Å². The van der Waals surface area contributed by atoms with Gasteiger partial charge in [0.25, 0.3) is 5.91 Å². The Hall–Kier alpha value is -2.37. The fourth-order valence-corrected chi connectivity index (χ4v) is 3.00. The van der Waals surface area contributed by atoms with Crippen LogP contribution in [0, 0.1) is 20.8 Å². The van der Waals surface area contributed by atoms with Crippen molar-refractivity contribution in [2.45, 2.75) is 33.3 Å². The molecular formula is C17H22N4O2. The van der Waals surface area contributed by atoms with Crippen LogP contribution in [-0.4, -0.2) is 44.8 Å². The van der Waals surface area contributed by atoms with Crippen molar-refractivity contribution >= 4 is 5.91 Å². The SMILES string of the molecule is Cc1cccc(OC2CCN(C(=O)c3c(C)nn(C)c3C)C2)n1. The molecular weight excluding hydrogens is 292 g/mol. The lowest BCUT2D eigenvalue weighted by Gasteiger charge is -2.17. The number of ether oxygens (including phenoxy) is 1. The molecule has 3 rings (SSSR count). The molecule has 0 spiro atoms. The number of amides is 1. The fourth-order valence-electron chi connectivity index (χ4n) is 3.00. The number of hydrogen-bond donors (Lipinski definition) is 0. The van der Waals surface area contributed by atoms with Crippen molar-refractivity contribution in [2.24, 2.45) is 7.05 Å². The first-order chi connectivity index (χ1) is 11.0. The number of rotatable bonds is 3. The van der Waals surface area contributed by atoms with Crippen LogP contribution in [0.4, 0.5) is 0 Å². The molecule has 0 bridgehead atoms. The van der Waals surface area contributed by atoms with Crippen molar-refractivity contribution in [3.8, 4) is 5.88 Å². The first-order valence-corrected chi connectivity index (χ1v) is 7.85. The number of likely N-dealkylation sites (tertiary alicyclic amines) is 1. The van der Waals surface area contributed by atoms with Gasteiger partial charge in [-0.2, -0.15) is 5.10 Å². The number of carbonyl (C=O) groups excluding carboxylic acids is 1. The van der Waals surface area contributed by atoms with Gasteiger partial charge in [-0.15, -0.1) is 0 Å². The predicted molar refractivity (Wildman–Crippen MR) is 86.6 cm³/mol. The van der Waals surface area contributed by atoms with Crippen LogP contribution in [0.1, 0.15) is 33.9 Å². The van der Waals surface area contributed by atoms with E-state index in [4.69, 9.17) is 4.74 Å². The molecule has 0 aliphatic carbocycles. The molecule has 2 aromatic rings.